The molecule has 5 rings (SSSR count). The molecule has 1 aromatic heterocycles. The number of hydrogen-bond acceptors (Lipinski definition) is 4. The summed E-state index contributed by atoms with van der Waals surface area (Å²) in [6, 6.07) is 24.5. The van der Waals surface area contributed by atoms with Crippen molar-refractivity contribution >= 4 is 50.8 Å². The van der Waals surface area contributed by atoms with Crippen molar-refractivity contribution in [1.82, 2.24) is 0 Å². The lowest BCUT2D eigenvalue weighted by Crippen LogP contribution is -2.11. The van der Waals surface area contributed by atoms with Crippen molar-refractivity contribution in [3.8, 4) is 0 Å². The van der Waals surface area contributed by atoms with Crippen LogP contribution in [0.15, 0.2) is 85.1 Å². The molecule has 3 aromatic carbocycles. The van der Waals surface area contributed by atoms with Crippen molar-refractivity contribution in [2.45, 2.75) is 6.92 Å². The van der Waals surface area contributed by atoms with Gasteiger partial charge in [-0.05, 0) is 60.9 Å². The maximum Gasteiger partial charge on any atom is 0.265 e. The average Bonchev–Trinajstić information content (AvgIpc) is 3.09. The molecule has 0 unspecified atom stereocenters. The highest BCUT2D eigenvalue weighted by molar-refractivity contribution is 7.14. The van der Waals surface area contributed by atoms with Crippen LogP contribution < -0.4 is 15.5 Å². The van der Waals surface area contributed by atoms with Gasteiger partial charge in [-0.1, -0.05) is 30.3 Å². The van der Waals surface area contributed by atoms with E-state index in [1.807, 2.05) is 43.3 Å². The Bertz CT molecular complexity index is 1260. The van der Waals surface area contributed by atoms with E-state index >= 15 is 0 Å². The van der Waals surface area contributed by atoms with Crippen LogP contribution in [0.3, 0.4) is 0 Å². The van der Waals surface area contributed by atoms with E-state index in [0.717, 1.165) is 39.0 Å². The molecule has 2 heterocycles. The summed E-state index contributed by atoms with van der Waals surface area (Å²) >= 11 is 1.50. The Labute approximate surface area is 179 Å². The van der Waals surface area contributed by atoms with Gasteiger partial charge in [0.05, 0.1) is 16.3 Å². The highest BCUT2D eigenvalue weighted by Gasteiger charge is 2.16. The summed E-state index contributed by atoms with van der Waals surface area (Å²) in [5, 5.41) is 8.94. The van der Waals surface area contributed by atoms with Gasteiger partial charge in [-0.25, -0.2) is 0 Å². The molecule has 0 aliphatic carbocycles. The van der Waals surface area contributed by atoms with Crippen LogP contribution in [0, 0.1) is 6.92 Å². The molecule has 0 spiro atoms. The zero-order valence-corrected chi connectivity index (χ0v) is 17.4. The number of amides is 1. The van der Waals surface area contributed by atoms with Crippen molar-refractivity contribution in [1.29, 1.82) is 0 Å². The van der Waals surface area contributed by atoms with E-state index in [1.54, 1.807) is 0 Å². The van der Waals surface area contributed by atoms with Gasteiger partial charge in [0, 0.05) is 34.4 Å². The Kier molecular flexibility index (Phi) is 4.73. The molecule has 0 saturated carbocycles. The van der Waals surface area contributed by atoms with E-state index in [-0.39, 0.29) is 5.91 Å². The van der Waals surface area contributed by atoms with E-state index in [4.69, 9.17) is 0 Å². The Morgan fingerprint density at radius 1 is 1.00 bits per heavy atom. The number of fused-ring (bicyclic) bond motifs is 3. The normalized spacial score (nSPS) is 12.9. The third kappa shape index (κ3) is 3.44. The van der Waals surface area contributed by atoms with Crippen molar-refractivity contribution in [2.75, 3.05) is 22.1 Å². The first-order chi connectivity index (χ1) is 14.7. The number of carbonyl (C=O) groups excluding carboxylic acids is 1. The van der Waals surface area contributed by atoms with Crippen LogP contribution >= 0.6 is 11.3 Å². The summed E-state index contributed by atoms with van der Waals surface area (Å²) in [6.07, 6.45) is 4.21. The summed E-state index contributed by atoms with van der Waals surface area (Å²) in [6.45, 7) is 2.77. The van der Waals surface area contributed by atoms with Gasteiger partial charge in [0.1, 0.15) is 0 Å². The molecule has 4 nitrogen and oxygen atoms in total. The molecule has 0 fully saturated rings. The third-order valence-electron chi connectivity index (χ3n) is 5.19. The Hall–Kier alpha value is -3.57. The standard InChI is InChI=1S/C25H21N3OS/c1-17-7-14-23(30-17)25(29)27-19-9-11-20(12-10-19)28-16-4-15-26-24-21-6-3-2-5-18(21)8-13-22(24)28/h2-14,16,26H,15H2,1H3,(H,27,29). The van der Waals surface area contributed by atoms with Crippen LogP contribution in [-0.4, -0.2) is 12.5 Å². The summed E-state index contributed by atoms with van der Waals surface area (Å²) in [4.78, 5) is 16.4. The molecule has 1 aliphatic rings. The molecule has 0 saturated heterocycles. The van der Waals surface area contributed by atoms with Crippen LogP contribution in [0.4, 0.5) is 22.7 Å². The summed E-state index contributed by atoms with van der Waals surface area (Å²) in [7, 11) is 0. The first-order valence-corrected chi connectivity index (χ1v) is 10.7. The quantitative estimate of drug-likeness (QED) is 0.402. The molecule has 0 bridgehead atoms. The smallest absolute Gasteiger partial charge is 0.265 e. The van der Waals surface area contributed by atoms with Gasteiger partial charge >= 0.3 is 0 Å². The number of aryl methyl sites for hydroxylation is 1. The molecule has 1 amide bonds. The van der Waals surface area contributed by atoms with Crippen LogP contribution in [0.25, 0.3) is 10.8 Å². The molecule has 1 aliphatic heterocycles. The minimum atomic E-state index is -0.0727. The highest BCUT2D eigenvalue weighted by atomic mass is 32.1. The number of benzene rings is 3. The van der Waals surface area contributed by atoms with Crippen molar-refractivity contribution in [3.63, 3.8) is 0 Å². The first-order valence-electron chi connectivity index (χ1n) is 9.88. The Balaban J connectivity index is 1.44. The second kappa shape index (κ2) is 7.69. The van der Waals surface area contributed by atoms with Gasteiger partial charge < -0.3 is 15.5 Å². The van der Waals surface area contributed by atoms with Gasteiger partial charge in [0.2, 0.25) is 0 Å². The van der Waals surface area contributed by atoms with E-state index < -0.39 is 0 Å². The second-order valence-corrected chi connectivity index (χ2v) is 8.52. The number of hydrogen-bond donors (Lipinski definition) is 2. The lowest BCUT2D eigenvalue weighted by atomic mass is 10.1. The van der Waals surface area contributed by atoms with Gasteiger partial charge in [0.25, 0.3) is 5.91 Å². The van der Waals surface area contributed by atoms with Crippen LogP contribution in [0.2, 0.25) is 0 Å². The summed E-state index contributed by atoms with van der Waals surface area (Å²) < 4.78 is 0. The zero-order valence-electron chi connectivity index (χ0n) is 16.6. The number of carbonyl (C=O) groups is 1. The topological polar surface area (TPSA) is 44.4 Å². The fourth-order valence-corrected chi connectivity index (χ4v) is 4.49. The molecule has 0 atom stereocenters. The van der Waals surface area contributed by atoms with Crippen LogP contribution in [0.1, 0.15) is 14.5 Å². The monoisotopic (exact) mass is 411 g/mol. The summed E-state index contributed by atoms with van der Waals surface area (Å²) in [5.74, 6) is -0.0727. The maximum absolute atomic E-state index is 12.4. The van der Waals surface area contributed by atoms with Gasteiger partial charge in [-0.2, -0.15) is 0 Å². The Morgan fingerprint density at radius 2 is 1.83 bits per heavy atom. The Morgan fingerprint density at radius 3 is 2.63 bits per heavy atom. The molecular formula is C25H21N3OS. The SMILES string of the molecule is Cc1ccc(C(=O)Nc2ccc(N3C=CCNc4c3ccc3ccccc43)cc2)s1. The molecule has 5 heteroatoms. The first kappa shape index (κ1) is 18.5. The van der Waals surface area contributed by atoms with E-state index in [9.17, 15) is 4.79 Å². The van der Waals surface area contributed by atoms with Gasteiger partial charge in [0.15, 0.2) is 0 Å². The van der Waals surface area contributed by atoms with Gasteiger partial charge in [-0.15, -0.1) is 11.3 Å². The molecule has 148 valence electrons. The number of anilines is 4. The van der Waals surface area contributed by atoms with Crippen LogP contribution in [-0.2, 0) is 0 Å². The minimum absolute atomic E-state index is 0.0727. The maximum atomic E-state index is 12.4. The van der Waals surface area contributed by atoms with E-state index in [0.29, 0.717) is 0 Å². The fourth-order valence-electron chi connectivity index (χ4n) is 3.73. The fraction of sp³-hybridized carbons (Fsp3) is 0.0800. The predicted octanol–water partition coefficient (Wildman–Crippen LogP) is 6.54. The van der Waals surface area contributed by atoms with Crippen molar-refractivity contribution < 1.29 is 4.79 Å². The van der Waals surface area contributed by atoms with Crippen molar-refractivity contribution in [2.24, 2.45) is 0 Å². The molecular weight excluding hydrogens is 390 g/mol. The number of nitrogens with zero attached hydrogens (tertiary/aromatic N) is 1. The molecule has 2 N–H and O–H groups in total. The largest absolute Gasteiger partial charge is 0.379 e. The number of thiophene rings is 1. The lowest BCUT2D eigenvalue weighted by Gasteiger charge is -2.23. The number of rotatable bonds is 3. The van der Waals surface area contributed by atoms with Crippen molar-refractivity contribution in [3.05, 3.63) is 94.8 Å². The summed E-state index contributed by atoms with van der Waals surface area (Å²) in [5.41, 5.74) is 4.05. The molecule has 30 heavy (non-hydrogen) atoms. The molecule has 0 radical (unpaired) electrons. The zero-order chi connectivity index (χ0) is 20.5. The highest BCUT2D eigenvalue weighted by Crippen LogP contribution is 2.39. The average molecular weight is 412 g/mol. The van der Waals surface area contributed by atoms with Gasteiger partial charge in [-0.3, -0.25) is 4.79 Å². The number of nitrogens with one attached hydrogen (secondary N) is 2. The lowest BCUT2D eigenvalue weighted by molar-refractivity contribution is 0.103. The second-order valence-electron chi connectivity index (χ2n) is 7.23. The van der Waals surface area contributed by atoms with Crippen LogP contribution in [0.5, 0.6) is 0 Å². The van der Waals surface area contributed by atoms with E-state index in [2.05, 4.69) is 64.2 Å². The minimum Gasteiger partial charge on any atom is -0.379 e. The van der Waals surface area contributed by atoms with E-state index in [1.165, 1.54) is 22.1 Å². The third-order valence-corrected chi connectivity index (χ3v) is 6.18. The predicted molar refractivity (Wildman–Crippen MR) is 127 cm³/mol. The molecule has 4 aromatic rings.